The number of ether oxygens (including phenoxy) is 2. The minimum absolute atomic E-state index is 0.00286. The van der Waals surface area contributed by atoms with E-state index in [0.717, 1.165) is 5.56 Å². The van der Waals surface area contributed by atoms with Crippen LogP contribution >= 0.6 is 0 Å². The van der Waals surface area contributed by atoms with E-state index >= 15 is 0 Å². The zero-order chi connectivity index (χ0) is 30.8. The molecule has 0 aromatic heterocycles. The topological polar surface area (TPSA) is 105 Å². The lowest BCUT2D eigenvalue weighted by atomic mass is 9.94. The minimum Gasteiger partial charge on any atom is -0.493 e. The molecule has 0 aliphatic heterocycles. The van der Waals surface area contributed by atoms with E-state index in [1.165, 1.54) is 18.1 Å². The number of nitrogens with zero attached hydrogens (tertiary/aromatic N) is 1. The Bertz CT molecular complexity index is 1610. The summed E-state index contributed by atoms with van der Waals surface area (Å²) in [5.74, 6) is -1.14. The Hall–Kier alpha value is -5.18. The molecule has 0 aliphatic rings. The minimum atomic E-state index is -1.03. The Morgan fingerprint density at radius 2 is 1.40 bits per heavy atom. The van der Waals surface area contributed by atoms with Gasteiger partial charge in [-0.05, 0) is 47.4 Å². The van der Waals surface area contributed by atoms with Crippen molar-refractivity contribution in [3.8, 4) is 22.6 Å². The number of carboxylic acid groups (broad SMARTS) is 1. The van der Waals surface area contributed by atoms with Crippen molar-refractivity contribution in [3.05, 3.63) is 119 Å². The summed E-state index contributed by atoms with van der Waals surface area (Å²) >= 11 is 0. The van der Waals surface area contributed by atoms with Gasteiger partial charge >= 0.3 is 5.97 Å². The average Bonchev–Trinajstić information content (AvgIpc) is 3.03. The van der Waals surface area contributed by atoms with Gasteiger partial charge in [0, 0.05) is 36.3 Å². The number of amides is 2. The van der Waals surface area contributed by atoms with E-state index in [9.17, 15) is 23.9 Å². The molecule has 4 aromatic rings. The van der Waals surface area contributed by atoms with E-state index in [1.807, 2.05) is 12.1 Å². The van der Waals surface area contributed by atoms with Crippen LogP contribution in [0.2, 0.25) is 0 Å². The van der Waals surface area contributed by atoms with Crippen molar-refractivity contribution in [2.24, 2.45) is 0 Å². The molecular formula is C34H33FN2O6. The molecule has 9 heteroatoms. The smallest absolute Gasteiger partial charge is 0.305 e. The monoisotopic (exact) mass is 584 g/mol. The highest BCUT2D eigenvalue weighted by atomic mass is 19.1. The van der Waals surface area contributed by atoms with Gasteiger partial charge in [-0.1, -0.05) is 66.7 Å². The number of carbonyl (C=O) groups excluding carboxylic acids is 2. The zero-order valence-electron chi connectivity index (χ0n) is 24.0. The van der Waals surface area contributed by atoms with Crippen molar-refractivity contribution in [2.45, 2.75) is 19.4 Å². The molecule has 0 fully saturated rings. The molecule has 0 saturated carbocycles. The maximum Gasteiger partial charge on any atom is 0.305 e. The third-order valence-electron chi connectivity index (χ3n) is 7.03. The Morgan fingerprint density at radius 3 is 2.07 bits per heavy atom. The third-order valence-corrected chi connectivity index (χ3v) is 7.03. The molecule has 43 heavy (non-hydrogen) atoms. The van der Waals surface area contributed by atoms with Crippen molar-refractivity contribution in [3.63, 3.8) is 0 Å². The van der Waals surface area contributed by atoms with Crippen LogP contribution in [0.5, 0.6) is 11.5 Å². The number of aliphatic carboxylic acids is 1. The first-order valence-corrected chi connectivity index (χ1v) is 13.7. The molecule has 0 bridgehead atoms. The molecular weight excluding hydrogens is 551 g/mol. The van der Waals surface area contributed by atoms with Gasteiger partial charge in [-0.3, -0.25) is 14.4 Å². The largest absolute Gasteiger partial charge is 0.493 e. The standard InChI is InChI=1S/C34H33FN2O6/c1-42-30-17-9-11-23(32(30)43-2)18-20-37(21-19-31(38)39)34(41)28-15-7-5-13-26(28)25-12-4-6-14-27(25)33(40)36-22-24-10-3-8-16-29(24)35/h3-17H,18-22H2,1-2H3,(H,36,40)(H,38,39). The van der Waals surface area contributed by atoms with E-state index in [4.69, 9.17) is 9.47 Å². The molecule has 4 rings (SSSR count). The summed E-state index contributed by atoms with van der Waals surface area (Å²) in [7, 11) is 3.08. The van der Waals surface area contributed by atoms with Gasteiger partial charge in [0.25, 0.3) is 11.8 Å². The van der Waals surface area contributed by atoms with Crippen LogP contribution in [0.15, 0.2) is 91.0 Å². The number of hydrogen-bond donors (Lipinski definition) is 2. The fourth-order valence-corrected chi connectivity index (χ4v) is 4.85. The highest BCUT2D eigenvalue weighted by Crippen LogP contribution is 2.32. The van der Waals surface area contributed by atoms with Crippen LogP contribution in [0.25, 0.3) is 11.1 Å². The molecule has 0 heterocycles. The number of halogens is 1. The van der Waals surface area contributed by atoms with E-state index in [0.29, 0.717) is 45.7 Å². The van der Waals surface area contributed by atoms with Crippen LogP contribution in [0, 0.1) is 5.82 Å². The van der Waals surface area contributed by atoms with Gasteiger partial charge in [0.15, 0.2) is 11.5 Å². The van der Waals surface area contributed by atoms with Gasteiger partial charge in [0.05, 0.1) is 20.6 Å². The number of carboxylic acids is 1. The van der Waals surface area contributed by atoms with Gasteiger partial charge in [-0.15, -0.1) is 0 Å². The Morgan fingerprint density at radius 1 is 0.767 bits per heavy atom. The third kappa shape index (κ3) is 7.56. The fraction of sp³-hybridized carbons (Fsp3) is 0.206. The molecule has 0 spiro atoms. The number of nitrogens with one attached hydrogen (secondary N) is 1. The molecule has 2 amide bonds. The van der Waals surface area contributed by atoms with Crippen LogP contribution in [0.1, 0.15) is 38.3 Å². The number of benzene rings is 4. The predicted octanol–water partition coefficient (Wildman–Crippen LogP) is 5.60. The SMILES string of the molecule is COc1cccc(CCN(CCC(=O)O)C(=O)c2ccccc2-c2ccccc2C(=O)NCc2ccccc2F)c1OC. The second kappa shape index (κ2) is 14.6. The molecule has 0 unspecified atom stereocenters. The van der Waals surface area contributed by atoms with E-state index in [1.54, 1.807) is 79.9 Å². The quantitative estimate of drug-likeness (QED) is 0.212. The summed E-state index contributed by atoms with van der Waals surface area (Å²) in [6.07, 6.45) is 0.154. The molecule has 2 N–H and O–H groups in total. The summed E-state index contributed by atoms with van der Waals surface area (Å²) in [5.41, 5.74) is 2.83. The number of carbonyl (C=O) groups is 3. The van der Waals surface area contributed by atoms with Crippen molar-refractivity contribution in [1.29, 1.82) is 0 Å². The maximum atomic E-state index is 14.1. The lowest BCUT2D eigenvalue weighted by molar-refractivity contribution is -0.137. The molecule has 0 aliphatic carbocycles. The van der Waals surface area contributed by atoms with Gasteiger partial charge < -0.3 is 24.8 Å². The van der Waals surface area contributed by atoms with Crippen LogP contribution < -0.4 is 14.8 Å². The summed E-state index contributed by atoms with van der Waals surface area (Å²) in [6, 6.07) is 25.4. The summed E-state index contributed by atoms with van der Waals surface area (Å²) < 4.78 is 25.0. The Kier molecular flexibility index (Phi) is 10.5. The molecule has 222 valence electrons. The van der Waals surface area contributed by atoms with Crippen molar-refractivity contribution < 1.29 is 33.4 Å². The van der Waals surface area contributed by atoms with Crippen LogP contribution in [0.4, 0.5) is 4.39 Å². The summed E-state index contributed by atoms with van der Waals surface area (Å²) in [5, 5.41) is 12.2. The predicted molar refractivity (Wildman–Crippen MR) is 161 cm³/mol. The first-order valence-electron chi connectivity index (χ1n) is 13.7. The second-order valence-corrected chi connectivity index (χ2v) is 9.70. The lowest BCUT2D eigenvalue weighted by Gasteiger charge is -2.24. The van der Waals surface area contributed by atoms with Crippen molar-refractivity contribution in [2.75, 3.05) is 27.3 Å². The van der Waals surface area contributed by atoms with Crippen molar-refractivity contribution in [1.82, 2.24) is 10.2 Å². The average molecular weight is 585 g/mol. The maximum absolute atomic E-state index is 14.1. The van der Waals surface area contributed by atoms with Crippen LogP contribution in [-0.4, -0.2) is 55.1 Å². The number of para-hydroxylation sites is 1. The van der Waals surface area contributed by atoms with E-state index < -0.39 is 17.7 Å². The first-order chi connectivity index (χ1) is 20.8. The lowest BCUT2D eigenvalue weighted by Crippen LogP contribution is -2.35. The van der Waals surface area contributed by atoms with Crippen molar-refractivity contribution >= 4 is 17.8 Å². The molecule has 4 aromatic carbocycles. The Balaban J connectivity index is 1.63. The molecule has 0 atom stereocenters. The zero-order valence-corrected chi connectivity index (χ0v) is 24.0. The number of hydrogen-bond acceptors (Lipinski definition) is 5. The Labute approximate surface area is 249 Å². The van der Waals surface area contributed by atoms with Gasteiger partial charge in [0.1, 0.15) is 5.82 Å². The van der Waals surface area contributed by atoms with E-state index in [-0.39, 0.29) is 32.0 Å². The highest BCUT2D eigenvalue weighted by molar-refractivity contribution is 6.06. The van der Waals surface area contributed by atoms with Crippen LogP contribution in [-0.2, 0) is 17.8 Å². The normalized spacial score (nSPS) is 10.6. The van der Waals surface area contributed by atoms with Crippen LogP contribution in [0.3, 0.4) is 0 Å². The van der Waals surface area contributed by atoms with Gasteiger partial charge in [-0.2, -0.15) is 0 Å². The molecule has 0 saturated heterocycles. The van der Waals surface area contributed by atoms with Gasteiger partial charge in [-0.25, -0.2) is 4.39 Å². The molecule has 8 nitrogen and oxygen atoms in total. The number of methoxy groups -OCH3 is 2. The number of rotatable bonds is 13. The highest BCUT2D eigenvalue weighted by Gasteiger charge is 2.23. The second-order valence-electron chi connectivity index (χ2n) is 9.70. The van der Waals surface area contributed by atoms with E-state index in [2.05, 4.69) is 5.32 Å². The summed E-state index contributed by atoms with van der Waals surface area (Å²) in [4.78, 5) is 40.3. The molecule has 0 radical (unpaired) electrons. The fourth-order valence-electron chi connectivity index (χ4n) is 4.85. The summed E-state index contributed by atoms with van der Waals surface area (Å²) in [6.45, 7) is 0.200. The first kappa shape index (κ1) is 30.8. The van der Waals surface area contributed by atoms with Gasteiger partial charge in [0.2, 0.25) is 0 Å².